The molecule has 0 amide bonds. The number of hydrogen-bond acceptors (Lipinski definition) is 6. The van der Waals surface area contributed by atoms with Crippen LogP contribution in [0, 0.1) is 6.92 Å². The Morgan fingerprint density at radius 3 is 2.73 bits per heavy atom. The van der Waals surface area contributed by atoms with Gasteiger partial charge >= 0.3 is 5.97 Å². The van der Waals surface area contributed by atoms with E-state index in [1.807, 2.05) is 31.2 Å². The lowest BCUT2D eigenvalue weighted by atomic mass is 10.0. The van der Waals surface area contributed by atoms with Crippen LogP contribution in [0.1, 0.15) is 46.3 Å². The van der Waals surface area contributed by atoms with Gasteiger partial charge in [0.25, 0.3) is 0 Å². The van der Waals surface area contributed by atoms with E-state index < -0.39 is 5.97 Å². The lowest BCUT2D eigenvalue weighted by Gasteiger charge is -2.25. The highest BCUT2D eigenvalue weighted by Gasteiger charge is 2.30. The Bertz CT molecular complexity index is 783. The van der Waals surface area contributed by atoms with Crippen molar-refractivity contribution >= 4 is 5.97 Å². The number of ether oxygens (including phenoxy) is 3. The molecule has 1 atom stereocenters. The molecule has 1 saturated heterocycles. The van der Waals surface area contributed by atoms with E-state index in [1.54, 1.807) is 14.2 Å². The Morgan fingerprint density at radius 2 is 2.04 bits per heavy atom. The van der Waals surface area contributed by atoms with Gasteiger partial charge in [-0.3, -0.25) is 4.90 Å². The largest absolute Gasteiger partial charge is 0.497 e. The summed E-state index contributed by atoms with van der Waals surface area (Å²) in [5.41, 5.74) is 1.90. The van der Waals surface area contributed by atoms with E-state index in [0.717, 1.165) is 47.8 Å². The van der Waals surface area contributed by atoms with Crippen LogP contribution in [0.4, 0.5) is 0 Å². The number of furan rings is 1. The molecular formula is C20H25NO5. The molecule has 0 radical (unpaired) electrons. The average molecular weight is 359 g/mol. The fourth-order valence-electron chi connectivity index (χ4n) is 3.59. The lowest BCUT2D eigenvalue weighted by Crippen LogP contribution is -2.23. The summed E-state index contributed by atoms with van der Waals surface area (Å²) in [5, 5.41) is 0. The van der Waals surface area contributed by atoms with Crippen molar-refractivity contribution in [3.8, 4) is 11.5 Å². The number of methoxy groups -OCH3 is 3. The molecule has 0 spiro atoms. The molecule has 2 heterocycles. The molecule has 0 aliphatic carbocycles. The first-order valence-corrected chi connectivity index (χ1v) is 8.71. The summed E-state index contributed by atoms with van der Waals surface area (Å²) >= 11 is 0. The molecule has 0 N–H and O–H groups in total. The Kier molecular flexibility index (Phi) is 5.52. The van der Waals surface area contributed by atoms with Crippen molar-refractivity contribution < 1.29 is 23.4 Å². The molecule has 140 valence electrons. The minimum Gasteiger partial charge on any atom is -0.497 e. The van der Waals surface area contributed by atoms with Gasteiger partial charge in [-0.2, -0.15) is 0 Å². The molecule has 0 saturated carbocycles. The Hall–Kier alpha value is -2.47. The van der Waals surface area contributed by atoms with Gasteiger partial charge in [-0.15, -0.1) is 0 Å². The van der Waals surface area contributed by atoms with E-state index in [2.05, 4.69) is 4.90 Å². The smallest absolute Gasteiger partial charge is 0.374 e. The van der Waals surface area contributed by atoms with E-state index in [9.17, 15) is 4.79 Å². The first-order valence-electron chi connectivity index (χ1n) is 8.71. The zero-order valence-electron chi connectivity index (χ0n) is 15.7. The van der Waals surface area contributed by atoms with E-state index in [4.69, 9.17) is 18.6 Å². The Labute approximate surface area is 153 Å². The monoisotopic (exact) mass is 359 g/mol. The second-order valence-corrected chi connectivity index (χ2v) is 6.45. The van der Waals surface area contributed by atoms with Crippen molar-refractivity contribution in [1.29, 1.82) is 0 Å². The van der Waals surface area contributed by atoms with Crippen molar-refractivity contribution in [2.75, 3.05) is 27.9 Å². The van der Waals surface area contributed by atoms with Crippen LogP contribution in [0.5, 0.6) is 11.5 Å². The van der Waals surface area contributed by atoms with E-state index in [-0.39, 0.29) is 11.8 Å². The second kappa shape index (κ2) is 7.83. The van der Waals surface area contributed by atoms with Crippen LogP contribution in [0.15, 0.2) is 28.7 Å². The molecule has 1 aromatic carbocycles. The van der Waals surface area contributed by atoms with Crippen molar-refractivity contribution in [3.05, 3.63) is 46.9 Å². The van der Waals surface area contributed by atoms with E-state index in [0.29, 0.717) is 6.54 Å². The lowest BCUT2D eigenvalue weighted by molar-refractivity contribution is 0.0559. The topological polar surface area (TPSA) is 61.1 Å². The highest BCUT2D eigenvalue weighted by molar-refractivity contribution is 5.87. The van der Waals surface area contributed by atoms with Gasteiger partial charge in [0.15, 0.2) is 0 Å². The third-order valence-corrected chi connectivity index (χ3v) is 4.86. The van der Waals surface area contributed by atoms with Gasteiger partial charge in [0.05, 0.1) is 27.9 Å². The number of benzene rings is 1. The molecule has 1 fully saturated rings. The minimum atomic E-state index is -0.443. The van der Waals surface area contributed by atoms with Gasteiger partial charge in [0, 0.05) is 17.2 Å². The highest BCUT2D eigenvalue weighted by atomic mass is 16.5. The van der Waals surface area contributed by atoms with Gasteiger partial charge in [-0.25, -0.2) is 4.79 Å². The quantitative estimate of drug-likeness (QED) is 0.733. The summed E-state index contributed by atoms with van der Waals surface area (Å²) < 4.78 is 21.5. The number of likely N-dealkylation sites (tertiary alicyclic amines) is 1. The summed E-state index contributed by atoms with van der Waals surface area (Å²) in [6, 6.07) is 8.00. The average Bonchev–Trinajstić information content (AvgIpc) is 3.27. The minimum absolute atomic E-state index is 0.215. The third kappa shape index (κ3) is 3.55. The molecule has 1 unspecified atom stereocenters. The number of carbonyl (C=O) groups excluding carboxylic acids is 1. The van der Waals surface area contributed by atoms with Crippen LogP contribution in [-0.2, 0) is 11.3 Å². The fourth-order valence-corrected chi connectivity index (χ4v) is 3.59. The number of nitrogens with zero attached hydrogens (tertiary/aromatic N) is 1. The standard InChI is InChI=1S/C20H25NO5/c1-13-10-15(26-19(13)20(22)25-4)12-21-9-5-6-17(21)16-11-14(23-2)7-8-18(16)24-3/h7-8,10-11,17H,5-6,9,12H2,1-4H3. The first-order chi connectivity index (χ1) is 12.6. The van der Waals surface area contributed by atoms with Gasteiger partial charge < -0.3 is 18.6 Å². The van der Waals surface area contributed by atoms with Crippen LogP contribution in [0.2, 0.25) is 0 Å². The maximum absolute atomic E-state index is 11.8. The zero-order chi connectivity index (χ0) is 18.7. The molecule has 26 heavy (non-hydrogen) atoms. The second-order valence-electron chi connectivity index (χ2n) is 6.45. The SMILES string of the molecule is COC(=O)c1oc(CN2CCCC2c2cc(OC)ccc2OC)cc1C. The normalized spacial score (nSPS) is 17.3. The summed E-state index contributed by atoms with van der Waals surface area (Å²) in [6.07, 6.45) is 2.13. The molecule has 6 heteroatoms. The van der Waals surface area contributed by atoms with Crippen LogP contribution < -0.4 is 9.47 Å². The highest BCUT2D eigenvalue weighted by Crippen LogP contribution is 2.39. The maximum Gasteiger partial charge on any atom is 0.374 e. The van der Waals surface area contributed by atoms with Crippen molar-refractivity contribution in [2.45, 2.75) is 32.4 Å². The number of esters is 1. The van der Waals surface area contributed by atoms with Crippen molar-refractivity contribution in [3.63, 3.8) is 0 Å². The number of hydrogen-bond donors (Lipinski definition) is 0. The predicted molar refractivity (Wildman–Crippen MR) is 96.7 cm³/mol. The summed E-state index contributed by atoms with van der Waals surface area (Å²) in [5.74, 6) is 2.26. The first kappa shape index (κ1) is 18.3. The summed E-state index contributed by atoms with van der Waals surface area (Å²) in [4.78, 5) is 14.1. The summed E-state index contributed by atoms with van der Waals surface area (Å²) in [6.45, 7) is 3.44. The zero-order valence-corrected chi connectivity index (χ0v) is 15.7. The van der Waals surface area contributed by atoms with Crippen molar-refractivity contribution in [1.82, 2.24) is 4.90 Å². The van der Waals surface area contributed by atoms with Crippen LogP contribution in [0.3, 0.4) is 0 Å². The Balaban J connectivity index is 1.84. The molecule has 2 aromatic rings. The van der Waals surface area contributed by atoms with Crippen molar-refractivity contribution in [2.24, 2.45) is 0 Å². The molecule has 1 aliphatic rings. The molecular weight excluding hydrogens is 334 g/mol. The van der Waals surface area contributed by atoms with Gasteiger partial charge in [0.2, 0.25) is 5.76 Å². The molecule has 3 rings (SSSR count). The van der Waals surface area contributed by atoms with Gasteiger partial charge in [-0.05, 0) is 50.6 Å². The fraction of sp³-hybridized carbons (Fsp3) is 0.450. The van der Waals surface area contributed by atoms with Gasteiger partial charge in [0.1, 0.15) is 17.3 Å². The predicted octanol–water partition coefficient (Wildman–Crippen LogP) is 3.73. The molecule has 6 nitrogen and oxygen atoms in total. The maximum atomic E-state index is 11.8. The molecule has 1 aromatic heterocycles. The Morgan fingerprint density at radius 1 is 1.23 bits per heavy atom. The van der Waals surface area contributed by atoms with Crippen LogP contribution in [0.25, 0.3) is 0 Å². The number of aryl methyl sites for hydroxylation is 1. The van der Waals surface area contributed by atoms with Crippen LogP contribution in [-0.4, -0.2) is 38.7 Å². The van der Waals surface area contributed by atoms with E-state index in [1.165, 1.54) is 7.11 Å². The van der Waals surface area contributed by atoms with Gasteiger partial charge in [-0.1, -0.05) is 0 Å². The number of carbonyl (C=O) groups is 1. The third-order valence-electron chi connectivity index (χ3n) is 4.86. The summed E-state index contributed by atoms with van der Waals surface area (Å²) in [7, 11) is 4.70. The van der Waals surface area contributed by atoms with E-state index >= 15 is 0 Å². The molecule has 1 aliphatic heterocycles. The van der Waals surface area contributed by atoms with Crippen LogP contribution >= 0.6 is 0 Å². The molecule has 0 bridgehead atoms. The number of rotatable bonds is 6.